The van der Waals surface area contributed by atoms with Crippen LogP contribution in [0.25, 0.3) is 0 Å². The smallest absolute Gasteiger partial charge is 0.0820 e. The van der Waals surface area contributed by atoms with E-state index in [9.17, 15) is 4.79 Å². The van der Waals surface area contributed by atoms with Gasteiger partial charge in [-0.3, -0.25) is 0 Å². The van der Waals surface area contributed by atoms with Gasteiger partial charge in [0.05, 0.1) is 11.7 Å². The van der Waals surface area contributed by atoms with Crippen LogP contribution in [0, 0.1) is 24.7 Å². The van der Waals surface area contributed by atoms with Crippen LogP contribution in [0.5, 0.6) is 0 Å². The fourth-order valence-corrected chi connectivity index (χ4v) is 5.03. The maximum Gasteiger partial charge on any atom is 0.0820 e. The normalized spacial score (nSPS) is 30.2. The van der Waals surface area contributed by atoms with E-state index in [0.29, 0.717) is 17.6 Å². The monoisotopic (exact) mass is 413 g/mol. The Morgan fingerprint density at radius 1 is 1.33 bits per heavy atom. The molecule has 0 amide bonds. The van der Waals surface area contributed by atoms with E-state index in [2.05, 4.69) is 53.7 Å². The van der Waals surface area contributed by atoms with Crippen LogP contribution in [0.4, 0.5) is 0 Å². The molecular weight excluding hydrogens is 368 g/mol. The van der Waals surface area contributed by atoms with E-state index < -0.39 is 0 Å². The minimum absolute atomic E-state index is 0.0648. The summed E-state index contributed by atoms with van der Waals surface area (Å²) in [5, 5.41) is 0. The van der Waals surface area contributed by atoms with Gasteiger partial charge in [0.2, 0.25) is 0 Å². The zero-order valence-corrected chi connectivity index (χ0v) is 20.3. The van der Waals surface area contributed by atoms with E-state index in [0.717, 1.165) is 31.1 Å². The summed E-state index contributed by atoms with van der Waals surface area (Å²) in [4.78, 5) is 10.5. The van der Waals surface area contributed by atoms with Crippen LogP contribution in [-0.4, -0.2) is 17.6 Å². The zero-order valence-electron chi connectivity index (χ0n) is 20.3. The number of carbonyl (C=O) groups excluding carboxylic acids is 1. The maximum atomic E-state index is 10.5. The Hall–Kier alpha value is -1.24. The summed E-state index contributed by atoms with van der Waals surface area (Å²) < 4.78 is 6.71. The average molecular weight is 414 g/mol. The molecule has 0 radical (unpaired) electrons. The van der Waals surface area contributed by atoms with Gasteiger partial charge in [-0.25, -0.2) is 6.92 Å². The standard InChI is InChI=1S/C28H45O2/c1-21(12-8-13-23(3)20-29)10-7-11-22(2)14-9-18-28(6)19-17-26-16-15-24(4)25(5)27(26)30-28/h12,16,22,24-25,27H,3,7-11,13-15,17-19H2,1-2,4-6H3/q-1/b21-12+. The molecule has 1 aliphatic heterocycles. The van der Waals surface area contributed by atoms with Gasteiger partial charge in [0.25, 0.3) is 0 Å². The number of hydrogen-bond acceptors (Lipinski definition) is 2. The number of hydrogen-bond donors (Lipinski definition) is 0. The Morgan fingerprint density at radius 2 is 2.07 bits per heavy atom. The second-order valence-corrected chi connectivity index (χ2v) is 10.5. The van der Waals surface area contributed by atoms with Gasteiger partial charge in [-0.1, -0.05) is 57.8 Å². The average Bonchev–Trinajstić information content (AvgIpc) is 2.71. The molecule has 5 atom stereocenters. The van der Waals surface area contributed by atoms with Gasteiger partial charge in [-0.15, -0.1) is 5.94 Å². The molecule has 5 unspecified atom stereocenters. The first-order valence-electron chi connectivity index (χ1n) is 12.3. The molecule has 2 heteroatoms. The Balaban J connectivity index is 1.65. The lowest BCUT2D eigenvalue weighted by Crippen LogP contribution is -2.45. The third kappa shape index (κ3) is 7.78. The molecule has 0 N–H and O–H groups in total. The Morgan fingerprint density at radius 3 is 2.80 bits per heavy atom. The first kappa shape index (κ1) is 25.0. The SMILES string of the molecule is [CH2-]C(=C=O)CC/C=C(\C)CCCC(C)CCCC1(C)CCC2=CCC(C)C(C)C2O1. The van der Waals surface area contributed by atoms with E-state index in [1.165, 1.54) is 56.9 Å². The van der Waals surface area contributed by atoms with Crippen molar-refractivity contribution in [1.29, 1.82) is 0 Å². The molecular formula is C28H45O2-. The Labute approximate surface area is 186 Å². The summed E-state index contributed by atoms with van der Waals surface area (Å²) in [5.74, 6) is 4.04. The minimum Gasteiger partial charge on any atom is -0.367 e. The summed E-state index contributed by atoms with van der Waals surface area (Å²) in [6.45, 7) is 15.4. The summed E-state index contributed by atoms with van der Waals surface area (Å²) in [6, 6.07) is 0. The van der Waals surface area contributed by atoms with Gasteiger partial charge in [-0.2, -0.15) is 5.57 Å². The molecule has 0 aromatic rings. The van der Waals surface area contributed by atoms with E-state index in [-0.39, 0.29) is 5.60 Å². The Bertz CT molecular complexity index is 652. The zero-order chi connectivity index (χ0) is 22.1. The number of fused-ring (bicyclic) bond motifs is 1. The third-order valence-corrected chi connectivity index (χ3v) is 7.60. The summed E-state index contributed by atoms with van der Waals surface area (Å²) in [6.07, 6.45) is 17.8. The van der Waals surface area contributed by atoms with E-state index >= 15 is 0 Å². The van der Waals surface area contributed by atoms with Crippen LogP contribution in [0.3, 0.4) is 0 Å². The molecule has 1 aliphatic carbocycles. The molecule has 1 saturated heterocycles. The van der Waals surface area contributed by atoms with Crippen molar-refractivity contribution in [2.24, 2.45) is 17.8 Å². The van der Waals surface area contributed by atoms with Crippen molar-refractivity contribution in [2.75, 3.05) is 0 Å². The summed E-state index contributed by atoms with van der Waals surface area (Å²) in [5.41, 5.74) is 3.64. The van der Waals surface area contributed by atoms with Crippen LogP contribution in [0.1, 0.15) is 105 Å². The fourth-order valence-electron chi connectivity index (χ4n) is 5.03. The van der Waals surface area contributed by atoms with Crippen LogP contribution in [-0.2, 0) is 9.53 Å². The van der Waals surface area contributed by atoms with Crippen molar-refractivity contribution < 1.29 is 9.53 Å². The molecule has 0 aromatic carbocycles. The molecule has 2 nitrogen and oxygen atoms in total. The molecule has 2 rings (SSSR count). The molecule has 0 saturated carbocycles. The predicted molar refractivity (Wildman–Crippen MR) is 128 cm³/mol. The van der Waals surface area contributed by atoms with Crippen molar-refractivity contribution in [3.05, 3.63) is 35.8 Å². The molecule has 0 bridgehead atoms. The lowest BCUT2D eigenvalue weighted by molar-refractivity contribution is -0.125. The highest BCUT2D eigenvalue weighted by Crippen LogP contribution is 2.43. The second-order valence-electron chi connectivity index (χ2n) is 10.5. The van der Waals surface area contributed by atoms with Gasteiger partial charge < -0.3 is 9.53 Å². The molecule has 170 valence electrons. The highest BCUT2D eigenvalue weighted by atomic mass is 16.5. The van der Waals surface area contributed by atoms with Crippen LogP contribution in [0.2, 0.25) is 0 Å². The van der Waals surface area contributed by atoms with Gasteiger partial charge >= 0.3 is 0 Å². The molecule has 0 aromatic heterocycles. The first-order chi connectivity index (χ1) is 14.2. The number of ether oxygens (including phenoxy) is 1. The van der Waals surface area contributed by atoms with Crippen molar-refractivity contribution in [1.82, 2.24) is 0 Å². The quantitative estimate of drug-likeness (QED) is 0.196. The highest BCUT2D eigenvalue weighted by molar-refractivity contribution is 5.53. The van der Waals surface area contributed by atoms with Crippen LogP contribution in [0.15, 0.2) is 28.9 Å². The number of rotatable bonds is 11. The fraction of sp³-hybridized carbons (Fsp3) is 0.750. The predicted octanol–water partition coefficient (Wildman–Crippen LogP) is 7.82. The molecule has 1 heterocycles. The Kier molecular flexibility index (Phi) is 9.98. The van der Waals surface area contributed by atoms with E-state index in [4.69, 9.17) is 4.74 Å². The summed E-state index contributed by atoms with van der Waals surface area (Å²) in [7, 11) is 0. The van der Waals surface area contributed by atoms with Gasteiger partial charge in [0.1, 0.15) is 0 Å². The number of allylic oxidation sites excluding steroid dienone is 4. The van der Waals surface area contributed by atoms with Gasteiger partial charge in [0.15, 0.2) is 0 Å². The largest absolute Gasteiger partial charge is 0.367 e. The third-order valence-electron chi connectivity index (χ3n) is 7.60. The van der Waals surface area contributed by atoms with Gasteiger partial charge in [-0.05, 0) is 88.5 Å². The molecule has 30 heavy (non-hydrogen) atoms. The minimum atomic E-state index is 0.0648. The lowest BCUT2D eigenvalue weighted by Gasteiger charge is -2.46. The summed E-state index contributed by atoms with van der Waals surface area (Å²) >= 11 is 0. The van der Waals surface area contributed by atoms with Crippen LogP contribution < -0.4 is 0 Å². The second kappa shape index (κ2) is 12.0. The van der Waals surface area contributed by atoms with Crippen LogP contribution >= 0.6 is 0 Å². The molecule has 2 aliphatic rings. The van der Waals surface area contributed by atoms with Crippen molar-refractivity contribution in [3.63, 3.8) is 0 Å². The van der Waals surface area contributed by atoms with Crippen molar-refractivity contribution in [3.8, 4) is 0 Å². The van der Waals surface area contributed by atoms with E-state index in [1.807, 2.05) is 5.94 Å². The highest BCUT2D eigenvalue weighted by Gasteiger charge is 2.40. The van der Waals surface area contributed by atoms with Crippen molar-refractivity contribution in [2.45, 2.75) is 117 Å². The van der Waals surface area contributed by atoms with E-state index in [1.54, 1.807) is 5.57 Å². The van der Waals surface area contributed by atoms with Crippen molar-refractivity contribution >= 4 is 5.94 Å². The lowest BCUT2D eigenvalue weighted by atomic mass is 9.74. The topological polar surface area (TPSA) is 26.3 Å². The maximum absolute atomic E-state index is 10.5. The van der Waals surface area contributed by atoms with Gasteiger partial charge in [0, 0.05) is 0 Å². The molecule has 0 spiro atoms. The molecule has 1 fully saturated rings. The first-order valence-corrected chi connectivity index (χ1v) is 12.3.